The van der Waals surface area contributed by atoms with E-state index in [-0.39, 0.29) is 11.9 Å². The first kappa shape index (κ1) is 12.0. The zero-order chi connectivity index (χ0) is 12.1. The number of nitrogens with zero attached hydrogens (tertiary/aromatic N) is 1. The second-order valence-corrected chi connectivity index (χ2v) is 3.48. The number of benzene rings is 1. The lowest BCUT2D eigenvalue weighted by molar-refractivity contribution is 0.0827. The van der Waals surface area contributed by atoms with Crippen LogP contribution in [0.5, 0.6) is 0 Å². The van der Waals surface area contributed by atoms with Crippen molar-refractivity contribution in [1.29, 1.82) is 0 Å². The van der Waals surface area contributed by atoms with E-state index in [1.165, 1.54) is 4.90 Å². The Kier molecular flexibility index (Phi) is 3.88. The third kappa shape index (κ3) is 2.98. The molecule has 0 saturated carbocycles. The molecular formula is C11H15N3O2. The Bertz CT molecular complexity index is 385. The highest BCUT2D eigenvalue weighted by molar-refractivity contribution is 5.95. The standard InChI is InChI=1S/C11H15N3O2/c1-12-11(16)13-9-6-4-8(5-7-9)10(15)14(2)3/h4-7H,1-3H3,(H2,12,13,16). The molecule has 2 N–H and O–H groups in total. The molecule has 86 valence electrons. The van der Waals surface area contributed by atoms with E-state index in [1.54, 1.807) is 45.4 Å². The van der Waals surface area contributed by atoms with Crippen molar-refractivity contribution < 1.29 is 9.59 Å². The van der Waals surface area contributed by atoms with Gasteiger partial charge >= 0.3 is 6.03 Å². The number of hydrogen-bond acceptors (Lipinski definition) is 2. The molecule has 5 nitrogen and oxygen atoms in total. The van der Waals surface area contributed by atoms with Crippen molar-refractivity contribution in [3.63, 3.8) is 0 Å². The number of carbonyl (C=O) groups excluding carboxylic acids is 2. The predicted molar refractivity (Wildman–Crippen MR) is 62.5 cm³/mol. The van der Waals surface area contributed by atoms with Gasteiger partial charge in [-0.3, -0.25) is 4.79 Å². The van der Waals surface area contributed by atoms with Crippen LogP contribution in [0.1, 0.15) is 10.4 Å². The number of amides is 3. The van der Waals surface area contributed by atoms with Crippen molar-refractivity contribution >= 4 is 17.6 Å². The number of carbonyl (C=O) groups is 2. The Morgan fingerprint density at radius 3 is 2.12 bits per heavy atom. The van der Waals surface area contributed by atoms with E-state index in [0.29, 0.717) is 11.3 Å². The zero-order valence-electron chi connectivity index (χ0n) is 9.57. The van der Waals surface area contributed by atoms with Gasteiger partial charge in [-0.25, -0.2) is 4.79 Å². The molecule has 0 aliphatic carbocycles. The minimum atomic E-state index is -0.285. The van der Waals surface area contributed by atoms with Crippen molar-refractivity contribution in [2.75, 3.05) is 26.5 Å². The van der Waals surface area contributed by atoms with E-state index in [1.807, 2.05) is 0 Å². The minimum absolute atomic E-state index is 0.0634. The molecule has 0 aliphatic heterocycles. The van der Waals surface area contributed by atoms with Crippen molar-refractivity contribution in [3.05, 3.63) is 29.8 Å². The molecule has 0 aromatic heterocycles. The number of urea groups is 1. The van der Waals surface area contributed by atoms with Crippen LogP contribution in [0.15, 0.2) is 24.3 Å². The van der Waals surface area contributed by atoms with E-state index >= 15 is 0 Å². The molecule has 0 fully saturated rings. The molecule has 0 heterocycles. The number of hydrogen-bond donors (Lipinski definition) is 2. The van der Waals surface area contributed by atoms with Crippen molar-refractivity contribution in [2.45, 2.75) is 0 Å². The van der Waals surface area contributed by atoms with E-state index in [2.05, 4.69) is 10.6 Å². The normalized spacial score (nSPS) is 9.44. The summed E-state index contributed by atoms with van der Waals surface area (Å²) in [5, 5.41) is 5.06. The van der Waals surface area contributed by atoms with Crippen molar-refractivity contribution in [2.24, 2.45) is 0 Å². The average molecular weight is 221 g/mol. The Hall–Kier alpha value is -2.04. The van der Waals surface area contributed by atoms with Gasteiger partial charge in [0.15, 0.2) is 0 Å². The molecule has 0 bridgehead atoms. The Morgan fingerprint density at radius 2 is 1.69 bits per heavy atom. The van der Waals surface area contributed by atoms with Gasteiger partial charge in [-0.15, -0.1) is 0 Å². The zero-order valence-corrected chi connectivity index (χ0v) is 9.57. The molecular weight excluding hydrogens is 206 g/mol. The molecule has 0 aliphatic rings. The lowest BCUT2D eigenvalue weighted by Crippen LogP contribution is -2.24. The van der Waals surface area contributed by atoms with Crippen LogP contribution in [0.4, 0.5) is 10.5 Å². The van der Waals surface area contributed by atoms with E-state index in [0.717, 1.165) is 0 Å². The van der Waals surface area contributed by atoms with Crippen LogP contribution < -0.4 is 10.6 Å². The molecule has 1 rings (SSSR count). The molecule has 3 amide bonds. The van der Waals surface area contributed by atoms with Crippen LogP contribution in [0.2, 0.25) is 0 Å². The first-order chi connectivity index (χ1) is 7.54. The van der Waals surface area contributed by atoms with Crippen LogP contribution in [0.3, 0.4) is 0 Å². The molecule has 0 radical (unpaired) electrons. The average Bonchev–Trinajstić information content (AvgIpc) is 2.28. The van der Waals surface area contributed by atoms with E-state index in [4.69, 9.17) is 0 Å². The Labute approximate surface area is 94.4 Å². The summed E-state index contributed by atoms with van der Waals surface area (Å²) in [5.41, 5.74) is 1.24. The lowest BCUT2D eigenvalue weighted by atomic mass is 10.2. The third-order valence-electron chi connectivity index (χ3n) is 2.02. The maximum atomic E-state index is 11.6. The van der Waals surface area contributed by atoms with E-state index < -0.39 is 0 Å². The second kappa shape index (κ2) is 5.16. The Balaban J connectivity index is 2.75. The number of rotatable bonds is 2. The summed E-state index contributed by atoms with van der Waals surface area (Å²) in [7, 11) is 4.93. The van der Waals surface area contributed by atoms with Gasteiger partial charge in [0.2, 0.25) is 0 Å². The molecule has 0 atom stereocenters. The molecule has 0 saturated heterocycles. The molecule has 16 heavy (non-hydrogen) atoms. The maximum Gasteiger partial charge on any atom is 0.318 e. The number of nitrogens with one attached hydrogen (secondary N) is 2. The van der Waals surface area contributed by atoms with Gasteiger partial charge in [0, 0.05) is 32.4 Å². The highest BCUT2D eigenvalue weighted by atomic mass is 16.2. The van der Waals surface area contributed by atoms with Gasteiger partial charge in [-0.1, -0.05) is 0 Å². The quantitative estimate of drug-likeness (QED) is 0.786. The fourth-order valence-corrected chi connectivity index (χ4v) is 1.15. The SMILES string of the molecule is CNC(=O)Nc1ccc(C(=O)N(C)C)cc1. The molecule has 0 unspecified atom stereocenters. The number of anilines is 1. The van der Waals surface area contributed by atoms with Crippen LogP contribution in [-0.2, 0) is 0 Å². The summed E-state index contributed by atoms with van der Waals surface area (Å²) in [4.78, 5) is 24.1. The maximum absolute atomic E-state index is 11.6. The molecule has 1 aromatic rings. The lowest BCUT2D eigenvalue weighted by Gasteiger charge is -2.10. The highest BCUT2D eigenvalue weighted by Gasteiger charge is 2.07. The van der Waals surface area contributed by atoms with Crippen molar-refractivity contribution in [3.8, 4) is 0 Å². The first-order valence-electron chi connectivity index (χ1n) is 4.85. The van der Waals surface area contributed by atoms with Gasteiger partial charge < -0.3 is 15.5 Å². The molecule has 1 aromatic carbocycles. The van der Waals surface area contributed by atoms with Gasteiger partial charge in [-0.2, -0.15) is 0 Å². The van der Waals surface area contributed by atoms with Crippen LogP contribution >= 0.6 is 0 Å². The summed E-state index contributed by atoms with van der Waals surface area (Å²) in [6, 6.07) is 6.44. The largest absolute Gasteiger partial charge is 0.345 e. The smallest absolute Gasteiger partial charge is 0.318 e. The summed E-state index contributed by atoms with van der Waals surface area (Å²) >= 11 is 0. The van der Waals surface area contributed by atoms with Gasteiger partial charge in [-0.05, 0) is 24.3 Å². The second-order valence-electron chi connectivity index (χ2n) is 3.48. The van der Waals surface area contributed by atoms with Gasteiger partial charge in [0.1, 0.15) is 0 Å². The van der Waals surface area contributed by atoms with Gasteiger partial charge in [0.05, 0.1) is 0 Å². The predicted octanol–water partition coefficient (Wildman–Crippen LogP) is 1.14. The third-order valence-corrected chi connectivity index (χ3v) is 2.02. The fraction of sp³-hybridized carbons (Fsp3) is 0.273. The van der Waals surface area contributed by atoms with Crippen LogP contribution in [0, 0.1) is 0 Å². The van der Waals surface area contributed by atoms with E-state index in [9.17, 15) is 9.59 Å². The minimum Gasteiger partial charge on any atom is -0.345 e. The van der Waals surface area contributed by atoms with Crippen LogP contribution in [0.25, 0.3) is 0 Å². The summed E-state index contributed by atoms with van der Waals surface area (Å²) in [6.07, 6.45) is 0. The van der Waals surface area contributed by atoms with Gasteiger partial charge in [0.25, 0.3) is 5.91 Å². The highest BCUT2D eigenvalue weighted by Crippen LogP contribution is 2.10. The summed E-state index contributed by atoms with van der Waals surface area (Å²) < 4.78 is 0. The summed E-state index contributed by atoms with van der Waals surface area (Å²) in [5.74, 6) is -0.0634. The first-order valence-corrected chi connectivity index (χ1v) is 4.85. The summed E-state index contributed by atoms with van der Waals surface area (Å²) in [6.45, 7) is 0. The molecule has 5 heteroatoms. The monoisotopic (exact) mass is 221 g/mol. The van der Waals surface area contributed by atoms with Crippen LogP contribution in [-0.4, -0.2) is 38.0 Å². The fourth-order valence-electron chi connectivity index (χ4n) is 1.15. The Morgan fingerprint density at radius 1 is 1.12 bits per heavy atom. The van der Waals surface area contributed by atoms with Crippen molar-refractivity contribution in [1.82, 2.24) is 10.2 Å². The molecule has 0 spiro atoms. The topological polar surface area (TPSA) is 61.4 Å².